The van der Waals surface area contributed by atoms with Crippen LogP contribution in [-0.2, 0) is 10.0 Å². The smallest absolute Gasteiger partial charge is 0.212 e. The Morgan fingerprint density at radius 2 is 2.00 bits per heavy atom. The Kier molecular flexibility index (Phi) is 6.05. The molecule has 1 aliphatic rings. The van der Waals surface area contributed by atoms with E-state index in [0.717, 1.165) is 16.9 Å². The molecule has 118 valence electrons. The maximum atomic E-state index is 12.7. The molecule has 0 aromatic rings. The lowest BCUT2D eigenvalue weighted by atomic mass is 10.0. The minimum absolute atomic E-state index is 0.0511. The first-order valence-corrected chi connectivity index (χ1v) is 9.02. The molecule has 1 aliphatic carbocycles. The molecular formula is C12H21F3NO2PS. The summed E-state index contributed by atoms with van der Waals surface area (Å²) >= 11 is 0. The lowest BCUT2D eigenvalue weighted by Crippen LogP contribution is -2.39. The van der Waals surface area contributed by atoms with Crippen LogP contribution in [0.15, 0.2) is 12.7 Å². The number of sulfonamides is 1. The van der Waals surface area contributed by atoms with Gasteiger partial charge in [0.05, 0.1) is 11.7 Å². The highest BCUT2D eigenvalue weighted by Crippen LogP contribution is 2.44. The number of hydrogen-bond acceptors (Lipinski definition) is 2. The van der Waals surface area contributed by atoms with Gasteiger partial charge in [-0.1, -0.05) is 13.0 Å². The molecule has 0 aromatic heterocycles. The molecule has 1 unspecified atom stereocenters. The van der Waals surface area contributed by atoms with Gasteiger partial charge in [-0.25, -0.2) is 8.42 Å². The molecule has 0 radical (unpaired) electrons. The summed E-state index contributed by atoms with van der Waals surface area (Å²) in [5.41, 5.74) is 0.330. The van der Waals surface area contributed by atoms with Crippen molar-refractivity contribution >= 4 is 18.8 Å². The van der Waals surface area contributed by atoms with Gasteiger partial charge in [-0.2, -0.15) is 17.2 Å². The van der Waals surface area contributed by atoms with Crippen molar-refractivity contribution in [1.29, 1.82) is 0 Å². The summed E-state index contributed by atoms with van der Waals surface area (Å²) in [5, 5.41) is -1.43. The summed E-state index contributed by atoms with van der Waals surface area (Å²) in [6.07, 6.45) is -2.15. The molecule has 1 saturated carbocycles. The first-order chi connectivity index (χ1) is 9.08. The van der Waals surface area contributed by atoms with Crippen LogP contribution < -0.4 is 0 Å². The van der Waals surface area contributed by atoms with E-state index < -0.39 is 33.8 Å². The summed E-state index contributed by atoms with van der Waals surface area (Å²) < 4.78 is 63.9. The Hall–Kier alpha value is -0.130. The number of halogens is 3. The van der Waals surface area contributed by atoms with Crippen LogP contribution >= 0.6 is 8.73 Å². The summed E-state index contributed by atoms with van der Waals surface area (Å²) in [6, 6.07) is 0. The molecule has 0 amide bonds. The molecule has 20 heavy (non-hydrogen) atoms. The maximum absolute atomic E-state index is 12.7. The van der Waals surface area contributed by atoms with Gasteiger partial charge in [0.1, 0.15) is 0 Å². The third-order valence-electron chi connectivity index (χ3n) is 3.31. The van der Waals surface area contributed by atoms with Gasteiger partial charge in [0.2, 0.25) is 10.0 Å². The van der Waals surface area contributed by atoms with Gasteiger partial charge in [0.25, 0.3) is 0 Å². The molecule has 0 heterocycles. The van der Waals surface area contributed by atoms with Gasteiger partial charge in [0.15, 0.2) is 0 Å². The first kappa shape index (κ1) is 17.9. The van der Waals surface area contributed by atoms with Crippen molar-refractivity contribution in [1.82, 2.24) is 4.08 Å². The molecule has 3 nitrogen and oxygen atoms in total. The second-order valence-corrected chi connectivity index (χ2v) is 9.53. The molecule has 0 spiro atoms. The van der Waals surface area contributed by atoms with E-state index in [1.165, 1.54) is 20.0 Å². The first-order valence-electron chi connectivity index (χ1n) is 6.49. The highest BCUT2D eigenvalue weighted by atomic mass is 32.2. The monoisotopic (exact) mass is 331 g/mol. The van der Waals surface area contributed by atoms with Crippen LogP contribution in [0.5, 0.6) is 0 Å². The molecule has 1 fully saturated rings. The fraction of sp³-hybridized carbons (Fsp3) is 0.833. The predicted octanol–water partition coefficient (Wildman–Crippen LogP) is 3.54. The fourth-order valence-corrected chi connectivity index (χ4v) is 5.87. The van der Waals surface area contributed by atoms with Crippen molar-refractivity contribution < 1.29 is 21.6 Å². The zero-order chi connectivity index (χ0) is 15.6. The average Bonchev–Trinajstić information content (AvgIpc) is 3.08. The van der Waals surface area contributed by atoms with E-state index in [9.17, 15) is 21.6 Å². The van der Waals surface area contributed by atoms with E-state index in [1.807, 2.05) is 0 Å². The summed E-state index contributed by atoms with van der Waals surface area (Å²) in [6.45, 7) is 5.01. The zero-order valence-electron chi connectivity index (χ0n) is 11.7. The van der Waals surface area contributed by atoms with Gasteiger partial charge in [0, 0.05) is 7.05 Å². The highest BCUT2D eigenvalue weighted by Gasteiger charge is 2.43. The summed E-state index contributed by atoms with van der Waals surface area (Å²) in [4.78, 5) is 0. The Balaban J connectivity index is 2.90. The Morgan fingerprint density at radius 3 is 2.40 bits per heavy atom. The van der Waals surface area contributed by atoms with E-state index in [4.69, 9.17) is 0 Å². The van der Waals surface area contributed by atoms with Gasteiger partial charge in [-0.3, -0.25) is 0 Å². The molecule has 1 rings (SSSR count). The second kappa shape index (κ2) is 6.75. The number of hydrogen-bond donors (Lipinski definition) is 0. The Morgan fingerprint density at radius 1 is 1.45 bits per heavy atom. The molecular weight excluding hydrogens is 310 g/mol. The molecule has 0 aromatic carbocycles. The molecule has 8 heteroatoms. The lowest BCUT2D eigenvalue weighted by Gasteiger charge is -2.29. The number of alkyl halides is 3. The standard InChI is InChI=1S/C12H21F3NO2PS/c1-4-5-9(2)11(8-12(13,14)15)20(17,18)16(3)19-10-6-7-10/h4,9-11,19H,1,5-8H2,2-3H3/t9-,11+/m0/s1. The second-order valence-electron chi connectivity index (χ2n) is 5.28. The van der Waals surface area contributed by atoms with Gasteiger partial charge in [-0.15, -0.1) is 6.58 Å². The predicted molar refractivity (Wildman–Crippen MR) is 76.5 cm³/mol. The third-order valence-corrected chi connectivity index (χ3v) is 7.86. The van der Waals surface area contributed by atoms with E-state index in [-0.39, 0.29) is 15.2 Å². The Labute approximate surface area is 120 Å². The number of allylic oxidation sites excluding steroid dienone is 1. The van der Waals surface area contributed by atoms with Crippen molar-refractivity contribution in [3.05, 3.63) is 12.7 Å². The topological polar surface area (TPSA) is 37.4 Å². The fourth-order valence-electron chi connectivity index (χ4n) is 1.99. The molecule has 0 N–H and O–H groups in total. The highest BCUT2D eigenvalue weighted by molar-refractivity contribution is 7.93. The van der Waals surface area contributed by atoms with Crippen LogP contribution in [0, 0.1) is 5.92 Å². The lowest BCUT2D eigenvalue weighted by molar-refractivity contribution is -0.136. The summed E-state index contributed by atoms with van der Waals surface area (Å²) in [7, 11) is -2.50. The Bertz CT molecular complexity index is 434. The quantitative estimate of drug-likeness (QED) is 0.504. The van der Waals surface area contributed by atoms with Crippen molar-refractivity contribution in [2.24, 2.45) is 5.92 Å². The van der Waals surface area contributed by atoms with Crippen molar-refractivity contribution in [2.45, 2.75) is 49.7 Å². The normalized spacial score (nSPS) is 20.5. The van der Waals surface area contributed by atoms with E-state index >= 15 is 0 Å². The maximum Gasteiger partial charge on any atom is 0.390 e. The van der Waals surface area contributed by atoms with Crippen molar-refractivity contribution in [2.75, 3.05) is 7.05 Å². The van der Waals surface area contributed by atoms with Crippen LogP contribution in [0.4, 0.5) is 13.2 Å². The van der Waals surface area contributed by atoms with Crippen LogP contribution in [0.3, 0.4) is 0 Å². The third kappa shape index (κ3) is 5.34. The average molecular weight is 331 g/mol. The van der Waals surface area contributed by atoms with Crippen LogP contribution in [0.25, 0.3) is 0 Å². The molecule has 0 bridgehead atoms. The largest absolute Gasteiger partial charge is 0.390 e. The van der Waals surface area contributed by atoms with Gasteiger partial charge < -0.3 is 0 Å². The SMILES string of the molecule is C=CC[C@H](C)[C@@H](CC(F)(F)F)S(=O)(=O)N(C)PC1CC1. The number of nitrogens with zero attached hydrogens (tertiary/aromatic N) is 1. The van der Waals surface area contributed by atoms with Gasteiger partial charge >= 0.3 is 6.18 Å². The van der Waals surface area contributed by atoms with E-state index in [0.29, 0.717) is 5.66 Å². The van der Waals surface area contributed by atoms with E-state index in [1.54, 1.807) is 0 Å². The molecule has 3 atom stereocenters. The summed E-state index contributed by atoms with van der Waals surface area (Å²) in [5.74, 6) is -0.606. The molecule has 0 aliphatic heterocycles. The number of rotatable bonds is 8. The van der Waals surface area contributed by atoms with Crippen molar-refractivity contribution in [3.8, 4) is 0 Å². The molecule has 0 saturated heterocycles. The van der Waals surface area contributed by atoms with Crippen molar-refractivity contribution in [3.63, 3.8) is 0 Å². The van der Waals surface area contributed by atoms with Crippen LogP contribution in [0.1, 0.15) is 32.6 Å². The van der Waals surface area contributed by atoms with Crippen LogP contribution in [-0.4, -0.2) is 36.6 Å². The van der Waals surface area contributed by atoms with Gasteiger partial charge in [-0.05, 0) is 39.6 Å². The minimum atomic E-state index is -4.49. The van der Waals surface area contributed by atoms with E-state index in [2.05, 4.69) is 6.58 Å². The van der Waals surface area contributed by atoms with Crippen LogP contribution in [0.2, 0.25) is 0 Å². The zero-order valence-corrected chi connectivity index (χ0v) is 13.5. The minimum Gasteiger partial charge on any atom is -0.212 e.